The van der Waals surface area contributed by atoms with E-state index >= 15 is 0 Å². The number of aliphatic hydroxyl groups is 7. The Hall–Kier alpha value is -2.80. The summed E-state index contributed by atoms with van der Waals surface area (Å²) in [6, 6.07) is 0. The van der Waals surface area contributed by atoms with Gasteiger partial charge >= 0.3 is 11.9 Å². The largest absolute Gasteiger partial charge is 0.462 e. The predicted octanol–water partition coefficient (Wildman–Crippen LogP) is 8.05. The van der Waals surface area contributed by atoms with Gasteiger partial charge in [0.05, 0.1) is 19.8 Å². The summed E-state index contributed by atoms with van der Waals surface area (Å²) in [6.45, 7) is 2.43. The van der Waals surface area contributed by atoms with Gasteiger partial charge in [0.15, 0.2) is 18.7 Å². The highest BCUT2D eigenvalue weighted by Gasteiger charge is 2.47. The second kappa shape index (κ2) is 41.6. The van der Waals surface area contributed by atoms with Crippen LogP contribution in [0.25, 0.3) is 0 Å². The van der Waals surface area contributed by atoms with E-state index in [1.165, 1.54) is 51.4 Å². The molecular formula is C55H94O15. The normalized spacial score (nSPS) is 25.8. The molecule has 15 heteroatoms. The molecule has 2 fully saturated rings. The Morgan fingerprint density at radius 3 is 1.41 bits per heavy atom. The highest BCUT2D eigenvalue weighted by atomic mass is 16.7. The van der Waals surface area contributed by atoms with Gasteiger partial charge in [-0.25, -0.2) is 0 Å². The van der Waals surface area contributed by atoms with Gasteiger partial charge in [0.25, 0.3) is 0 Å². The maximum atomic E-state index is 13.0. The number of hydrogen-bond donors (Lipinski definition) is 7. The monoisotopic (exact) mass is 995 g/mol. The van der Waals surface area contributed by atoms with E-state index in [4.69, 9.17) is 28.4 Å². The van der Waals surface area contributed by atoms with E-state index in [1.54, 1.807) is 0 Å². The summed E-state index contributed by atoms with van der Waals surface area (Å²) in [4.78, 5) is 25.8. The first-order valence-corrected chi connectivity index (χ1v) is 26.9. The van der Waals surface area contributed by atoms with Gasteiger partial charge in [0, 0.05) is 12.8 Å². The number of aliphatic hydroxyl groups excluding tert-OH is 7. The van der Waals surface area contributed by atoms with Crippen molar-refractivity contribution in [2.45, 2.75) is 248 Å². The van der Waals surface area contributed by atoms with Crippen molar-refractivity contribution < 1.29 is 73.8 Å². The van der Waals surface area contributed by atoms with Gasteiger partial charge in [-0.15, -0.1) is 0 Å². The van der Waals surface area contributed by atoms with Crippen LogP contribution in [-0.4, -0.2) is 142 Å². The SMILES string of the molecule is CC/C=C/C/C=C/C/C=C/CCCCCCCC(=O)OC[C@H](CO[C@H]1O[C@@H](CO[C@H]2O[C@@H](CO)[C@@H](O)C(O)C2O)[C@@H](O)C(O)C1O)OC(=O)CCCCCCCCCCC/C=C/C/C=C/CCCCC. The van der Waals surface area contributed by atoms with E-state index in [0.717, 1.165) is 89.9 Å². The molecule has 11 atom stereocenters. The quantitative estimate of drug-likeness (QED) is 0.0175. The molecular weight excluding hydrogens is 901 g/mol. The zero-order valence-electron chi connectivity index (χ0n) is 42.7. The molecule has 0 saturated carbocycles. The highest BCUT2D eigenvalue weighted by Crippen LogP contribution is 2.26. The fourth-order valence-electron chi connectivity index (χ4n) is 8.08. The van der Waals surface area contributed by atoms with Gasteiger partial charge in [-0.2, -0.15) is 0 Å². The van der Waals surface area contributed by atoms with Gasteiger partial charge in [-0.3, -0.25) is 9.59 Å². The summed E-state index contributed by atoms with van der Waals surface area (Å²) in [5, 5.41) is 72.2. The van der Waals surface area contributed by atoms with Crippen LogP contribution in [0.2, 0.25) is 0 Å². The first-order chi connectivity index (χ1) is 34.0. The summed E-state index contributed by atoms with van der Waals surface area (Å²) in [5.41, 5.74) is 0. The fourth-order valence-corrected chi connectivity index (χ4v) is 8.08. The lowest BCUT2D eigenvalue weighted by molar-refractivity contribution is -0.332. The second-order valence-corrected chi connectivity index (χ2v) is 18.7. The van der Waals surface area contributed by atoms with Crippen LogP contribution >= 0.6 is 0 Å². The lowest BCUT2D eigenvalue weighted by Gasteiger charge is -2.42. The van der Waals surface area contributed by atoms with Crippen molar-refractivity contribution in [1.29, 1.82) is 0 Å². The summed E-state index contributed by atoms with van der Waals surface area (Å²) in [7, 11) is 0. The minimum absolute atomic E-state index is 0.154. The van der Waals surface area contributed by atoms with Crippen LogP contribution in [0.1, 0.15) is 181 Å². The van der Waals surface area contributed by atoms with Gasteiger partial charge in [0.1, 0.15) is 55.4 Å². The Kier molecular flexibility index (Phi) is 37.7. The summed E-state index contributed by atoms with van der Waals surface area (Å²) >= 11 is 0. The molecule has 2 aliphatic rings. The van der Waals surface area contributed by atoms with Crippen molar-refractivity contribution in [1.82, 2.24) is 0 Å². The summed E-state index contributed by atoms with van der Waals surface area (Å²) in [5.74, 6) is -0.951. The number of unbranched alkanes of at least 4 members (excludes halogenated alkanes) is 17. The topological polar surface area (TPSA) is 231 Å². The van der Waals surface area contributed by atoms with Crippen molar-refractivity contribution in [3.8, 4) is 0 Å². The number of ether oxygens (including phenoxy) is 6. The van der Waals surface area contributed by atoms with E-state index in [2.05, 4.69) is 74.6 Å². The van der Waals surface area contributed by atoms with Crippen molar-refractivity contribution >= 4 is 11.9 Å². The zero-order chi connectivity index (χ0) is 51.0. The molecule has 70 heavy (non-hydrogen) atoms. The molecule has 0 aromatic rings. The number of esters is 2. The smallest absolute Gasteiger partial charge is 0.306 e. The van der Waals surface area contributed by atoms with Crippen LogP contribution in [0.5, 0.6) is 0 Å². The zero-order valence-corrected chi connectivity index (χ0v) is 42.7. The first-order valence-electron chi connectivity index (χ1n) is 26.9. The number of carbonyl (C=O) groups excluding carboxylic acids is 2. The number of carbonyl (C=O) groups is 2. The second-order valence-electron chi connectivity index (χ2n) is 18.7. The molecule has 2 aliphatic heterocycles. The highest BCUT2D eigenvalue weighted by molar-refractivity contribution is 5.70. The average Bonchev–Trinajstić information content (AvgIpc) is 3.35. The standard InChI is InChI=1S/C55H94O15/c1-3-5-7-9-11-13-15-17-19-20-21-22-24-26-28-30-32-34-36-38-47(58)68-43(40-65-46(57)37-35-33-31-29-27-25-23-18-16-14-12-10-8-6-4-2)41-66-54-53(64)51(62)49(60)45(70-54)42-67-55-52(63)50(61)48(59)44(39-56)69-55/h6,8,11-14,17-19,23,43-45,48-56,59-64H,3-5,7,9-10,15-16,20-22,24-42H2,1-2H3/b8-6+,13-11+,14-12+,19-17+,23-18+/t43-,44+,45+,48-,49-,50?,51?,52?,53?,54+,55+/m1/s1. The van der Waals surface area contributed by atoms with Crippen molar-refractivity contribution in [3.05, 3.63) is 60.8 Å². The van der Waals surface area contributed by atoms with Crippen molar-refractivity contribution in [2.24, 2.45) is 0 Å². The van der Waals surface area contributed by atoms with Gasteiger partial charge in [-0.05, 0) is 77.0 Å². The first kappa shape index (κ1) is 63.3. The fraction of sp³-hybridized carbons (Fsp3) is 0.782. The molecule has 2 rings (SSSR count). The summed E-state index contributed by atoms with van der Waals surface area (Å²) < 4.78 is 33.6. The minimum atomic E-state index is -1.77. The molecule has 7 N–H and O–H groups in total. The van der Waals surface area contributed by atoms with E-state index in [-0.39, 0.29) is 19.4 Å². The third kappa shape index (κ3) is 29.0. The van der Waals surface area contributed by atoms with Crippen LogP contribution in [0.15, 0.2) is 60.8 Å². The number of allylic oxidation sites excluding steroid dienone is 10. The lowest BCUT2D eigenvalue weighted by atomic mass is 9.98. The molecule has 4 unspecified atom stereocenters. The van der Waals surface area contributed by atoms with Gasteiger partial charge in [0.2, 0.25) is 0 Å². The predicted molar refractivity (Wildman–Crippen MR) is 270 cm³/mol. The Balaban J connectivity index is 1.79. The molecule has 404 valence electrons. The van der Waals surface area contributed by atoms with Crippen LogP contribution in [0, 0.1) is 0 Å². The molecule has 0 radical (unpaired) electrons. The maximum Gasteiger partial charge on any atom is 0.306 e. The molecule has 0 bridgehead atoms. The Bertz CT molecular complexity index is 1450. The molecule has 2 heterocycles. The summed E-state index contributed by atoms with van der Waals surface area (Å²) in [6.07, 6.45) is 31.0. The van der Waals surface area contributed by atoms with E-state index in [9.17, 15) is 45.3 Å². The average molecular weight is 995 g/mol. The molecule has 0 amide bonds. The third-order valence-corrected chi connectivity index (χ3v) is 12.5. The lowest BCUT2D eigenvalue weighted by Crippen LogP contribution is -2.61. The van der Waals surface area contributed by atoms with Crippen LogP contribution in [0.3, 0.4) is 0 Å². The Morgan fingerprint density at radius 1 is 0.471 bits per heavy atom. The molecule has 0 aromatic carbocycles. The van der Waals surface area contributed by atoms with E-state index in [0.29, 0.717) is 12.8 Å². The number of hydrogen-bond acceptors (Lipinski definition) is 15. The maximum absolute atomic E-state index is 13.0. The van der Waals surface area contributed by atoms with Gasteiger partial charge < -0.3 is 64.2 Å². The molecule has 0 aromatic heterocycles. The van der Waals surface area contributed by atoms with Gasteiger partial charge in [-0.1, -0.05) is 152 Å². The molecule has 2 saturated heterocycles. The Morgan fingerprint density at radius 2 is 0.900 bits per heavy atom. The van der Waals surface area contributed by atoms with Crippen molar-refractivity contribution in [2.75, 3.05) is 26.4 Å². The van der Waals surface area contributed by atoms with E-state index in [1.807, 2.05) is 0 Å². The van der Waals surface area contributed by atoms with Crippen LogP contribution in [-0.2, 0) is 38.0 Å². The van der Waals surface area contributed by atoms with E-state index < -0.39 is 99.3 Å². The number of rotatable bonds is 41. The minimum Gasteiger partial charge on any atom is -0.462 e. The van der Waals surface area contributed by atoms with Crippen LogP contribution in [0.4, 0.5) is 0 Å². The molecule has 15 nitrogen and oxygen atoms in total. The Labute approximate surface area is 420 Å². The molecule has 0 spiro atoms. The van der Waals surface area contributed by atoms with Crippen molar-refractivity contribution in [3.63, 3.8) is 0 Å². The third-order valence-electron chi connectivity index (χ3n) is 12.5. The van der Waals surface area contributed by atoms with Crippen LogP contribution < -0.4 is 0 Å². The molecule has 0 aliphatic carbocycles.